The predicted octanol–water partition coefficient (Wildman–Crippen LogP) is 3.64. The van der Waals surface area contributed by atoms with Gasteiger partial charge in [0.15, 0.2) is 11.5 Å². The predicted molar refractivity (Wildman–Crippen MR) is 111 cm³/mol. The third-order valence-electron chi connectivity index (χ3n) is 5.11. The van der Waals surface area contributed by atoms with Gasteiger partial charge in [-0.15, -0.1) is 0 Å². The number of amides is 1. The first-order chi connectivity index (χ1) is 13.6. The molecule has 0 bridgehead atoms. The summed E-state index contributed by atoms with van der Waals surface area (Å²) in [7, 11) is 1.65. The molecule has 0 unspecified atom stereocenters. The van der Waals surface area contributed by atoms with E-state index < -0.39 is 0 Å². The lowest BCUT2D eigenvalue weighted by molar-refractivity contribution is -0.130. The Morgan fingerprint density at radius 3 is 2.39 bits per heavy atom. The van der Waals surface area contributed by atoms with Crippen molar-refractivity contribution in [3.8, 4) is 11.5 Å². The van der Waals surface area contributed by atoms with Crippen molar-refractivity contribution >= 4 is 5.91 Å². The summed E-state index contributed by atoms with van der Waals surface area (Å²) < 4.78 is 11.1. The lowest BCUT2D eigenvalue weighted by atomic mass is 10.1. The van der Waals surface area contributed by atoms with E-state index in [9.17, 15) is 4.79 Å². The van der Waals surface area contributed by atoms with Gasteiger partial charge < -0.3 is 14.4 Å². The fourth-order valence-electron chi connectivity index (χ4n) is 3.50. The van der Waals surface area contributed by atoms with E-state index in [1.807, 2.05) is 24.0 Å². The van der Waals surface area contributed by atoms with E-state index in [0.29, 0.717) is 19.6 Å². The van der Waals surface area contributed by atoms with Crippen LogP contribution in [0.3, 0.4) is 0 Å². The second-order valence-corrected chi connectivity index (χ2v) is 7.25. The molecule has 28 heavy (non-hydrogen) atoms. The van der Waals surface area contributed by atoms with Gasteiger partial charge in [-0.3, -0.25) is 9.69 Å². The van der Waals surface area contributed by atoms with E-state index >= 15 is 0 Å². The highest BCUT2D eigenvalue weighted by Crippen LogP contribution is 2.28. The van der Waals surface area contributed by atoms with E-state index in [0.717, 1.165) is 37.7 Å². The fourth-order valence-corrected chi connectivity index (χ4v) is 3.50. The van der Waals surface area contributed by atoms with Crippen LogP contribution in [0.1, 0.15) is 30.0 Å². The molecule has 3 rings (SSSR count). The first-order valence-corrected chi connectivity index (χ1v) is 9.94. The molecule has 1 aliphatic rings. The van der Waals surface area contributed by atoms with Crippen LogP contribution in [0.4, 0.5) is 0 Å². The summed E-state index contributed by atoms with van der Waals surface area (Å²) in [4.78, 5) is 16.9. The molecule has 150 valence electrons. The van der Waals surface area contributed by atoms with Crippen LogP contribution in [0, 0.1) is 6.92 Å². The van der Waals surface area contributed by atoms with Crippen LogP contribution in [0.2, 0.25) is 0 Å². The number of hydrogen-bond acceptors (Lipinski definition) is 4. The van der Waals surface area contributed by atoms with E-state index in [1.54, 1.807) is 7.11 Å². The van der Waals surface area contributed by atoms with Crippen LogP contribution >= 0.6 is 0 Å². The third kappa shape index (κ3) is 5.26. The average Bonchev–Trinajstić information content (AvgIpc) is 2.86. The summed E-state index contributed by atoms with van der Waals surface area (Å²) in [6, 6.07) is 14.5. The molecule has 0 saturated carbocycles. The SMILES string of the molecule is CCOc1cc(CN2CCC(=O)N(Cc3ccc(C)cc3)CC2)ccc1OC. The van der Waals surface area contributed by atoms with Crippen LogP contribution in [0.5, 0.6) is 11.5 Å². The zero-order chi connectivity index (χ0) is 19.9. The zero-order valence-electron chi connectivity index (χ0n) is 17.1. The highest BCUT2D eigenvalue weighted by Gasteiger charge is 2.21. The Morgan fingerprint density at radius 2 is 1.68 bits per heavy atom. The minimum absolute atomic E-state index is 0.229. The lowest BCUT2D eigenvalue weighted by Crippen LogP contribution is -2.32. The molecule has 0 N–H and O–H groups in total. The molecule has 1 fully saturated rings. The van der Waals surface area contributed by atoms with E-state index in [2.05, 4.69) is 42.2 Å². The van der Waals surface area contributed by atoms with Gasteiger partial charge in [-0.1, -0.05) is 35.9 Å². The van der Waals surface area contributed by atoms with Crippen molar-refractivity contribution in [1.29, 1.82) is 0 Å². The Balaban J connectivity index is 1.62. The maximum atomic E-state index is 12.6. The number of benzene rings is 2. The van der Waals surface area contributed by atoms with Crippen molar-refractivity contribution in [2.24, 2.45) is 0 Å². The van der Waals surface area contributed by atoms with Crippen LogP contribution in [0.25, 0.3) is 0 Å². The van der Waals surface area contributed by atoms with E-state index in [-0.39, 0.29) is 5.91 Å². The summed E-state index contributed by atoms with van der Waals surface area (Å²) in [6.07, 6.45) is 0.556. The van der Waals surface area contributed by atoms with Gasteiger partial charge in [-0.05, 0) is 37.1 Å². The number of carbonyl (C=O) groups is 1. The molecule has 1 heterocycles. The second-order valence-electron chi connectivity index (χ2n) is 7.25. The van der Waals surface area contributed by atoms with Gasteiger partial charge >= 0.3 is 0 Å². The highest BCUT2D eigenvalue weighted by molar-refractivity contribution is 5.76. The average molecular weight is 383 g/mol. The molecule has 1 amide bonds. The summed E-state index contributed by atoms with van der Waals surface area (Å²) in [6.45, 7) is 8.53. The number of carbonyl (C=O) groups excluding carboxylic acids is 1. The minimum Gasteiger partial charge on any atom is -0.493 e. The van der Waals surface area contributed by atoms with Crippen molar-refractivity contribution in [3.63, 3.8) is 0 Å². The van der Waals surface area contributed by atoms with E-state index in [1.165, 1.54) is 16.7 Å². The fraction of sp³-hybridized carbons (Fsp3) is 0.435. The largest absolute Gasteiger partial charge is 0.493 e. The normalized spacial score (nSPS) is 15.4. The second kappa shape index (κ2) is 9.60. The highest BCUT2D eigenvalue weighted by atomic mass is 16.5. The Bertz CT molecular complexity index is 789. The number of rotatable bonds is 7. The van der Waals surface area contributed by atoms with Crippen molar-refractivity contribution in [3.05, 3.63) is 59.2 Å². The van der Waals surface area contributed by atoms with Crippen molar-refractivity contribution in [2.45, 2.75) is 33.4 Å². The number of hydrogen-bond donors (Lipinski definition) is 0. The molecule has 1 saturated heterocycles. The quantitative estimate of drug-likeness (QED) is 0.733. The number of nitrogens with zero attached hydrogens (tertiary/aromatic N) is 2. The summed E-state index contributed by atoms with van der Waals surface area (Å²) in [5.41, 5.74) is 3.59. The monoisotopic (exact) mass is 382 g/mol. The molecule has 5 heteroatoms. The molecule has 2 aromatic rings. The number of aryl methyl sites for hydroxylation is 1. The molecular formula is C23H30N2O3. The molecule has 0 spiro atoms. The Labute approximate surface area is 167 Å². The molecule has 0 aromatic heterocycles. The van der Waals surface area contributed by atoms with Gasteiger partial charge in [-0.25, -0.2) is 0 Å². The number of ether oxygens (including phenoxy) is 2. The van der Waals surface area contributed by atoms with Crippen molar-refractivity contribution in [2.75, 3.05) is 33.4 Å². The van der Waals surface area contributed by atoms with Gasteiger partial charge in [0.1, 0.15) is 0 Å². The summed E-state index contributed by atoms with van der Waals surface area (Å²) in [5, 5.41) is 0. The van der Waals surface area contributed by atoms with Crippen LogP contribution in [-0.4, -0.2) is 49.1 Å². The van der Waals surface area contributed by atoms with Gasteiger partial charge in [0.2, 0.25) is 5.91 Å². The lowest BCUT2D eigenvalue weighted by Gasteiger charge is -2.22. The molecule has 0 radical (unpaired) electrons. The maximum absolute atomic E-state index is 12.6. The molecule has 2 aromatic carbocycles. The Hall–Kier alpha value is -2.53. The Kier molecular flexibility index (Phi) is 6.93. The minimum atomic E-state index is 0.229. The Morgan fingerprint density at radius 1 is 0.929 bits per heavy atom. The maximum Gasteiger partial charge on any atom is 0.224 e. The van der Waals surface area contributed by atoms with Gasteiger partial charge in [0.25, 0.3) is 0 Å². The third-order valence-corrected chi connectivity index (χ3v) is 5.11. The first-order valence-electron chi connectivity index (χ1n) is 9.94. The topological polar surface area (TPSA) is 42.0 Å². The zero-order valence-corrected chi connectivity index (χ0v) is 17.1. The van der Waals surface area contributed by atoms with Crippen LogP contribution < -0.4 is 9.47 Å². The van der Waals surface area contributed by atoms with E-state index in [4.69, 9.17) is 9.47 Å². The standard InChI is InChI=1S/C23H30N2O3/c1-4-28-22-15-20(9-10-21(22)27-3)16-24-12-11-23(26)25(14-13-24)17-19-7-5-18(2)6-8-19/h5-10,15H,4,11-14,16-17H2,1-3H3. The summed E-state index contributed by atoms with van der Waals surface area (Å²) in [5.74, 6) is 1.75. The van der Waals surface area contributed by atoms with Gasteiger partial charge in [-0.2, -0.15) is 0 Å². The van der Waals surface area contributed by atoms with Gasteiger partial charge in [0.05, 0.1) is 13.7 Å². The van der Waals surface area contributed by atoms with Gasteiger partial charge in [0, 0.05) is 39.1 Å². The molecule has 0 aliphatic carbocycles. The smallest absolute Gasteiger partial charge is 0.224 e. The van der Waals surface area contributed by atoms with Crippen LogP contribution in [-0.2, 0) is 17.9 Å². The van der Waals surface area contributed by atoms with Crippen molar-refractivity contribution in [1.82, 2.24) is 9.80 Å². The molecule has 1 aliphatic heterocycles. The molecule has 5 nitrogen and oxygen atoms in total. The molecular weight excluding hydrogens is 352 g/mol. The number of methoxy groups -OCH3 is 1. The first kappa shape index (κ1) is 20.2. The molecule has 0 atom stereocenters. The van der Waals surface area contributed by atoms with Crippen molar-refractivity contribution < 1.29 is 14.3 Å². The summed E-state index contributed by atoms with van der Waals surface area (Å²) >= 11 is 0. The van der Waals surface area contributed by atoms with Crippen LogP contribution in [0.15, 0.2) is 42.5 Å².